The van der Waals surface area contributed by atoms with E-state index in [4.69, 9.17) is 9.47 Å². The fourth-order valence-electron chi connectivity index (χ4n) is 6.23. The molecule has 6 aromatic rings. The van der Waals surface area contributed by atoms with Gasteiger partial charge in [-0.05, 0) is 19.1 Å². The van der Waals surface area contributed by atoms with E-state index >= 15 is 0 Å². The zero-order valence-corrected chi connectivity index (χ0v) is 29.6. The zero-order chi connectivity index (χ0) is 36.9. The van der Waals surface area contributed by atoms with E-state index in [0.717, 1.165) is 43.4 Å². The molecule has 0 aliphatic carbocycles. The standard InChI is InChI=1S/C18H21N7O2.C17H19N7O2/c1-3-15(26)24-7-5-12(6-8-24)27-14-10-20-18-16(22-14)13(9-19-18)17-21-11-25(4-2)23-17;1-3-14(25)24-6-4-11(5-7-24)26-13-9-19-17-15(21-13)12(8-18-17)16-20-10-23(2)22-16/h3,9-12H,1,4-8H2,2H3,(H,19,20);3,8-11H,1,4-7H2,2H3,(H,18,19). The number of nitrogens with one attached hydrogen (secondary N) is 2. The maximum absolute atomic E-state index is 11.7. The first kappa shape index (κ1) is 35.0. The molecular weight excluding hydrogens is 680 g/mol. The summed E-state index contributed by atoms with van der Waals surface area (Å²) in [5.41, 5.74) is 4.25. The van der Waals surface area contributed by atoms with Gasteiger partial charge in [0, 0.05) is 77.8 Å². The van der Waals surface area contributed by atoms with Crippen molar-refractivity contribution in [3.8, 4) is 34.5 Å². The number of piperidine rings is 2. The van der Waals surface area contributed by atoms with Crippen LogP contribution in [0, 0.1) is 0 Å². The fraction of sp³-hybridized carbons (Fsp3) is 0.371. The summed E-state index contributed by atoms with van der Waals surface area (Å²) < 4.78 is 15.4. The number of amides is 2. The monoisotopic (exact) mass is 720 g/mol. The number of carbonyl (C=O) groups excluding carboxylic acids is 2. The summed E-state index contributed by atoms with van der Waals surface area (Å²) in [6, 6.07) is 0. The lowest BCUT2D eigenvalue weighted by atomic mass is 10.1. The normalized spacial score (nSPS) is 15.3. The molecule has 2 aliphatic rings. The number of nitrogens with zero attached hydrogens (tertiary/aromatic N) is 12. The quantitative estimate of drug-likeness (QED) is 0.207. The average Bonchev–Trinajstić information content (AvgIpc) is 4.01. The van der Waals surface area contributed by atoms with Crippen LogP contribution < -0.4 is 9.47 Å². The van der Waals surface area contributed by atoms with Crippen LogP contribution >= 0.6 is 0 Å². The summed E-state index contributed by atoms with van der Waals surface area (Å²) in [7, 11) is 1.81. The summed E-state index contributed by atoms with van der Waals surface area (Å²) in [6.07, 6.45) is 15.9. The fourth-order valence-corrected chi connectivity index (χ4v) is 6.23. The third-order valence-electron chi connectivity index (χ3n) is 9.09. The third kappa shape index (κ3) is 7.75. The van der Waals surface area contributed by atoms with E-state index in [1.165, 1.54) is 12.2 Å². The van der Waals surface area contributed by atoms with E-state index in [-0.39, 0.29) is 24.0 Å². The van der Waals surface area contributed by atoms with Crippen LogP contribution in [0.15, 0.2) is 62.8 Å². The lowest BCUT2D eigenvalue weighted by molar-refractivity contribution is -0.128. The topological polar surface area (TPSA) is 204 Å². The minimum Gasteiger partial charge on any atom is -0.473 e. The predicted octanol–water partition coefficient (Wildman–Crippen LogP) is 3.10. The Balaban J connectivity index is 0.000000164. The maximum atomic E-state index is 11.7. The minimum absolute atomic E-state index is 0.00503. The van der Waals surface area contributed by atoms with E-state index < -0.39 is 0 Å². The number of hydrogen-bond donors (Lipinski definition) is 2. The average molecular weight is 721 g/mol. The van der Waals surface area contributed by atoms with Crippen molar-refractivity contribution in [2.24, 2.45) is 7.05 Å². The van der Waals surface area contributed by atoms with Gasteiger partial charge in [-0.2, -0.15) is 10.2 Å². The van der Waals surface area contributed by atoms with E-state index in [1.807, 2.05) is 20.2 Å². The highest BCUT2D eigenvalue weighted by Crippen LogP contribution is 2.27. The zero-order valence-electron chi connectivity index (χ0n) is 29.6. The number of ether oxygens (including phenoxy) is 2. The van der Waals surface area contributed by atoms with Crippen LogP contribution in [-0.2, 0) is 23.2 Å². The molecule has 2 fully saturated rings. The molecule has 0 saturated carbocycles. The Morgan fingerprint density at radius 1 is 0.755 bits per heavy atom. The summed E-state index contributed by atoms with van der Waals surface area (Å²) in [5, 5.41) is 8.74. The van der Waals surface area contributed by atoms with Gasteiger partial charge in [-0.15, -0.1) is 0 Å². The van der Waals surface area contributed by atoms with Gasteiger partial charge in [0.2, 0.25) is 23.6 Å². The van der Waals surface area contributed by atoms with E-state index in [2.05, 4.69) is 63.2 Å². The lowest BCUT2D eigenvalue weighted by Crippen LogP contribution is -2.41. The van der Waals surface area contributed by atoms with E-state index in [9.17, 15) is 9.59 Å². The number of aromatic amines is 2. The van der Waals surface area contributed by atoms with Crippen molar-refractivity contribution in [2.75, 3.05) is 26.2 Å². The number of fused-ring (bicyclic) bond motifs is 2. The molecule has 0 bridgehead atoms. The molecule has 53 heavy (non-hydrogen) atoms. The van der Waals surface area contributed by atoms with Gasteiger partial charge >= 0.3 is 0 Å². The Morgan fingerprint density at radius 2 is 1.23 bits per heavy atom. The number of hydrogen-bond acceptors (Lipinski definition) is 12. The van der Waals surface area contributed by atoms with Gasteiger partial charge in [0.05, 0.1) is 23.5 Å². The highest BCUT2D eigenvalue weighted by molar-refractivity contribution is 5.89. The van der Waals surface area contributed by atoms with Crippen LogP contribution in [0.2, 0.25) is 0 Å². The van der Waals surface area contributed by atoms with Gasteiger partial charge in [-0.25, -0.2) is 29.9 Å². The van der Waals surface area contributed by atoms with Crippen molar-refractivity contribution >= 4 is 34.1 Å². The number of rotatable bonds is 9. The predicted molar refractivity (Wildman–Crippen MR) is 193 cm³/mol. The van der Waals surface area contributed by atoms with Crippen molar-refractivity contribution in [3.05, 3.63) is 62.8 Å². The SMILES string of the molecule is C=CC(=O)N1CCC(Oc2cnc3[nH]cc(-c4ncn(C)n4)c3n2)CC1.C=CC(=O)N1CCC(Oc2cnc3[nH]cc(-c4ncn(CC)n4)c3n2)CC1. The number of carbonyl (C=O) groups is 2. The molecule has 2 N–H and O–H groups in total. The van der Waals surface area contributed by atoms with E-state index in [1.54, 1.807) is 50.4 Å². The molecule has 18 heteroatoms. The molecule has 0 spiro atoms. The molecule has 2 aliphatic heterocycles. The third-order valence-corrected chi connectivity index (χ3v) is 9.09. The Kier molecular flexibility index (Phi) is 10.2. The van der Waals surface area contributed by atoms with Crippen LogP contribution in [0.4, 0.5) is 0 Å². The van der Waals surface area contributed by atoms with Crippen molar-refractivity contribution in [1.29, 1.82) is 0 Å². The van der Waals surface area contributed by atoms with Crippen LogP contribution in [0.1, 0.15) is 32.6 Å². The second kappa shape index (κ2) is 15.4. The molecule has 6 aromatic heterocycles. The lowest BCUT2D eigenvalue weighted by Gasteiger charge is -2.31. The van der Waals surface area contributed by atoms with Crippen LogP contribution in [0.5, 0.6) is 11.8 Å². The van der Waals surface area contributed by atoms with Crippen molar-refractivity contribution in [3.63, 3.8) is 0 Å². The van der Waals surface area contributed by atoms with Gasteiger partial charge in [0.1, 0.15) is 35.9 Å². The number of H-pyrrole nitrogens is 2. The molecule has 8 heterocycles. The molecular formula is C35H40N14O4. The Bertz CT molecular complexity index is 2240. The molecule has 0 radical (unpaired) electrons. The second-order valence-electron chi connectivity index (χ2n) is 12.6. The van der Waals surface area contributed by atoms with Crippen LogP contribution in [0.3, 0.4) is 0 Å². The van der Waals surface area contributed by atoms with Gasteiger partial charge < -0.3 is 29.2 Å². The first-order chi connectivity index (χ1) is 25.8. The number of aromatic nitrogens is 12. The molecule has 0 aromatic carbocycles. The Hall–Kier alpha value is -6.46. The van der Waals surface area contributed by atoms with Crippen molar-refractivity contribution < 1.29 is 19.1 Å². The molecule has 274 valence electrons. The first-order valence-electron chi connectivity index (χ1n) is 17.4. The van der Waals surface area contributed by atoms with Crippen molar-refractivity contribution in [2.45, 2.75) is 51.4 Å². The maximum Gasteiger partial charge on any atom is 0.245 e. The van der Waals surface area contributed by atoms with Crippen LogP contribution in [-0.4, -0.2) is 119 Å². The van der Waals surface area contributed by atoms with Crippen molar-refractivity contribution in [1.82, 2.24) is 69.2 Å². The van der Waals surface area contributed by atoms with Gasteiger partial charge in [-0.3, -0.25) is 19.0 Å². The molecule has 0 atom stereocenters. The Labute approximate surface area is 304 Å². The second-order valence-corrected chi connectivity index (χ2v) is 12.6. The largest absolute Gasteiger partial charge is 0.473 e. The number of likely N-dealkylation sites (tertiary alicyclic amines) is 2. The Morgan fingerprint density at radius 3 is 1.64 bits per heavy atom. The molecule has 18 nitrogen and oxygen atoms in total. The smallest absolute Gasteiger partial charge is 0.245 e. The molecule has 2 amide bonds. The summed E-state index contributed by atoms with van der Waals surface area (Å²) in [6.45, 7) is 12.4. The molecule has 8 rings (SSSR count). The minimum atomic E-state index is -0.0375. The van der Waals surface area contributed by atoms with E-state index in [0.29, 0.717) is 71.9 Å². The molecule has 0 unspecified atom stereocenters. The summed E-state index contributed by atoms with van der Waals surface area (Å²) in [5.74, 6) is 2.04. The van der Waals surface area contributed by atoms with Crippen LogP contribution in [0.25, 0.3) is 45.1 Å². The van der Waals surface area contributed by atoms with Gasteiger partial charge in [0.25, 0.3) is 0 Å². The summed E-state index contributed by atoms with van der Waals surface area (Å²) in [4.78, 5) is 59.6. The molecule has 2 saturated heterocycles. The number of aryl methyl sites for hydroxylation is 2. The summed E-state index contributed by atoms with van der Waals surface area (Å²) >= 11 is 0. The van der Waals surface area contributed by atoms with Gasteiger partial charge in [-0.1, -0.05) is 13.2 Å². The highest BCUT2D eigenvalue weighted by atomic mass is 16.5. The van der Waals surface area contributed by atoms with Gasteiger partial charge in [0.15, 0.2) is 22.9 Å². The highest BCUT2D eigenvalue weighted by Gasteiger charge is 2.25. The first-order valence-corrected chi connectivity index (χ1v) is 17.4.